The number of ether oxygens (including phenoxy) is 1. The number of esters is 1. The molecule has 20 heavy (non-hydrogen) atoms. The Balaban J connectivity index is 3.00. The summed E-state index contributed by atoms with van der Waals surface area (Å²) in [6.45, 7) is 1.30. The molecule has 0 aliphatic carbocycles. The van der Waals surface area contributed by atoms with Crippen LogP contribution in [0.2, 0.25) is 5.02 Å². The molecule has 0 heterocycles. The maximum Gasteiger partial charge on any atom is 0.321 e. The van der Waals surface area contributed by atoms with E-state index in [1.165, 1.54) is 18.2 Å². The molecule has 0 bridgehead atoms. The Labute approximate surface area is 127 Å². The lowest BCUT2D eigenvalue weighted by Crippen LogP contribution is -2.31. The minimum atomic E-state index is -3.96. The van der Waals surface area contributed by atoms with E-state index in [-0.39, 0.29) is 21.5 Å². The highest BCUT2D eigenvalue weighted by molar-refractivity contribution is 7.89. The van der Waals surface area contributed by atoms with E-state index in [2.05, 4.69) is 9.46 Å². The molecule has 0 unspecified atom stereocenters. The van der Waals surface area contributed by atoms with Crippen molar-refractivity contribution in [3.8, 4) is 0 Å². The van der Waals surface area contributed by atoms with Crippen LogP contribution >= 0.6 is 23.8 Å². The summed E-state index contributed by atoms with van der Waals surface area (Å²) < 4.78 is 30.8. The van der Waals surface area contributed by atoms with E-state index in [0.29, 0.717) is 5.56 Å². The number of carbonyl (C=O) groups is 1. The van der Waals surface area contributed by atoms with Crippen molar-refractivity contribution in [1.82, 2.24) is 4.72 Å². The molecule has 0 radical (unpaired) electrons. The van der Waals surface area contributed by atoms with Gasteiger partial charge in [0.15, 0.2) is 0 Å². The Hall–Kier alpha value is -1.22. The van der Waals surface area contributed by atoms with Crippen LogP contribution in [-0.4, -0.2) is 32.5 Å². The number of nitrogens with two attached hydrogens (primary N) is 1. The molecule has 0 aliphatic rings. The third kappa shape index (κ3) is 4.41. The fourth-order valence-corrected chi connectivity index (χ4v) is 2.93. The Bertz CT molecular complexity index is 631. The van der Waals surface area contributed by atoms with Crippen molar-refractivity contribution < 1.29 is 17.9 Å². The molecule has 0 amide bonds. The Morgan fingerprint density at radius 2 is 2.15 bits per heavy atom. The summed E-state index contributed by atoms with van der Waals surface area (Å²) in [5.74, 6) is -0.683. The lowest BCUT2D eigenvalue weighted by molar-refractivity contribution is -0.141. The molecule has 0 saturated carbocycles. The number of rotatable bonds is 6. The maximum atomic E-state index is 12.0. The molecule has 0 aromatic heterocycles. The average molecular weight is 337 g/mol. The summed E-state index contributed by atoms with van der Waals surface area (Å²) in [6, 6.07) is 4.13. The standard InChI is InChI=1S/C11H13ClN2O4S2/c1-2-18-10(15)6-14-20(16,17)9-5-7(11(13)19)3-4-8(9)12/h3-5,14H,2,6H2,1H3,(H2,13,19). The van der Waals surface area contributed by atoms with Crippen molar-refractivity contribution in [2.24, 2.45) is 5.73 Å². The summed E-state index contributed by atoms with van der Waals surface area (Å²) in [6.07, 6.45) is 0. The lowest BCUT2D eigenvalue weighted by Gasteiger charge is -2.09. The van der Waals surface area contributed by atoms with Crippen molar-refractivity contribution in [3.63, 3.8) is 0 Å². The molecule has 6 nitrogen and oxygen atoms in total. The molecule has 9 heteroatoms. The van der Waals surface area contributed by atoms with Gasteiger partial charge in [-0.2, -0.15) is 4.72 Å². The molecule has 0 saturated heterocycles. The zero-order valence-electron chi connectivity index (χ0n) is 10.6. The van der Waals surface area contributed by atoms with Gasteiger partial charge in [0.25, 0.3) is 0 Å². The third-order valence-electron chi connectivity index (χ3n) is 2.22. The van der Waals surface area contributed by atoms with Gasteiger partial charge in [0.1, 0.15) is 16.4 Å². The predicted octanol–water partition coefficient (Wildman–Crippen LogP) is 0.816. The fraction of sp³-hybridized carbons (Fsp3) is 0.273. The first-order valence-electron chi connectivity index (χ1n) is 5.52. The Kier molecular flexibility index (Phi) is 5.88. The van der Waals surface area contributed by atoms with Crippen LogP contribution in [0.25, 0.3) is 0 Å². The van der Waals surface area contributed by atoms with Crippen LogP contribution in [0.1, 0.15) is 12.5 Å². The highest BCUT2D eigenvalue weighted by Crippen LogP contribution is 2.22. The van der Waals surface area contributed by atoms with Crippen LogP contribution in [0.5, 0.6) is 0 Å². The van der Waals surface area contributed by atoms with E-state index in [1.54, 1.807) is 6.92 Å². The molecule has 0 fully saturated rings. The van der Waals surface area contributed by atoms with Gasteiger partial charge in [0.05, 0.1) is 11.6 Å². The monoisotopic (exact) mass is 336 g/mol. The van der Waals surface area contributed by atoms with Crippen LogP contribution in [0.3, 0.4) is 0 Å². The number of thiocarbonyl (C=S) groups is 1. The van der Waals surface area contributed by atoms with E-state index >= 15 is 0 Å². The van der Waals surface area contributed by atoms with Crippen molar-refractivity contribution >= 4 is 44.8 Å². The second-order valence-electron chi connectivity index (χ2n) is 3.64. The summed E-state index contributed by atoms with van der Waals surface area (Å²) in [4.78, 5) is 11.0. The molecular formula is C11H13ClN2O4S2. The molecule has 110 valence electrons. The van der Waals surface area contributed by atoms with Gasteiger partial charge in [-0.25, -0.2) is 8.42 Å². The van der Waals surface area contributed by atoms with Gasteiger partial charge in [0, 0.05) is 5.56 Å². The molecule has 0 aliphatic heterocycles. The van der Waals surface area contributed by atoms with Crippen molar-refractivity contribution in [2.45, 2.75) is 11.8 Å². The highest BCUT2D eigenvalue weighted by atomic mass is 35.5. The number of hydrogen-bond acceptors (Lipinski definition) is 5. The predicted molar refractivity (Wildman–Crippen MR) is 79.2 cm³/mol. The van der Waals surface area contributed by atoms with Gasteiger partial charge < -0.3 is 10.5 Å². The zero-order valence-corrected chi connectivity index (χ0v) is 12.9. The first kappa shape index (κ1) is 16.8. The van der Waals surface area contributed by atoms with Crippen LogP contribution in [0.4, 0.5) is 0 Å². The highest BCUT2D eigenvalue weighted by Gasteiger charge is 2.20. The number of hydrogen-bond donors (Lipinski definition) is 2. The molecule has 3 N–H and O–H groups in total. The molecule has 0 spiro atoms. The van der Waals surface area contributed by atoms with E-state index in [0.717, 1.165) is 0 Å². The minimum Gasteiger partial charge on any atom is -0.465 e. The van der Waals surface area contributed by atoms with E-state index in [9.17, 15) is 13.2 Å². The minimum absolute atomic E-state index is 0.00126. The topological polar surface area (TPSA) is 98.5 Å². The number of halogens is 1. The third-order valence-corrected chi connectivity index (χ3v) is 4.34. The average Bonchev–Trinajstić information content (AvgIpc) is 2.37. The van der Waals surface area contributed by atoms with Gasteiger partial charge in [0.2, 0.25) is 10.0 Å². The van der Waals surface area contributed by atoms with E-state index in [1.807, 2.05) is 0 Å². The van der Waals surface area contributed by atoms with Crippen molar-refractivity contribution in [1.29, 1.82) is 0 Å². The maximum absolute atomic E-state index is 12.0. The number of benzene rings is 1. The van der Waals surface area contributed by atoms with Gasteiger partial charge in [-0.05, 0) is 19.1 Å². The van der Waals surface area contributed by atoms with E-state index in [4.69, 9.17) is 29.6 Å². The van der Waals surface area contributed by atoms with Gasteiger partial charge in [-0.3, -0.25) is 4.79 Å². The van der Waals surface area contributed by atoms with E-state index < -0.39 is 22.5 Å². The number of carbonyl (C=O) groups excluding carboxylic acids is 1. The largest absolute Gasteiger partial charge is 0.465 e. The molecule has 1 aromatic rings. The summed E-state index contributed by atoms with van der Waals surface area (Å²) >= 11 is 10.6. The SMILES string of the molecule is CCOC(=O)CNS(=O)(=O)c1cc(C(N)=S)ccc1Cl. The fourth-order valence-electron chi connectivity index (χ4n) is 1.31. The normalized spacial score (nSPS) is 11.1. The van der Waals surface area contributed by atoms with Gasteiger partial charge >= 0.3 is 5.97 Å². The summed E-state index contributed by atoms with van der Waals surface area (Å²) in [5.41, 5.74) is 5.80. The molecule has 0 atom stereocenters. The summed E-state index contributed by atoms with van der Waals surface area (Å²) in [7, 11) is -3.96. The summed E-state index contributed by atoms with van der Waals surface area (Å²) in [5, 5.41) is 0.00126. The Morgan fingerprint density at radius 1 is 1.50 bits per heavy atom. The first-order chi connectivity index (χ1) is 9.27. The van der Waals surface area contributed by atoms with Crippen LogP contribution in [0, 0.1) is 0 Å². The van der Waals surface area contributed by atoms with Crippen molar-refractivity contribution in [3.05, 3.63) is 28.8 Å². The molecular weight excluding hydrogens is 324 g/mol. The van der Waals surface area contributed by atoms with Crippen LogP contribution < -0.4 is 10.5 Å². The smallest absolute Gasteiger partial charge is 0.321 e. The van der Waals surface area contributed by atoms with Crippen LogP contribution in [-0.2, 0) is 19.6 Å². The second kappa shape index (κ2) is 6.98. The van der Waals surface area contributed by atoms with Crippen LogP contribution in [0.15, 0.2) is 23.1 Å². The second-order valence-corrected chi connectivity index (χ2v) is 6.22. The Morgan fingerprint density at radius 3 is 2.70 bits per heavy atom. The molecule has 1 aromatic carbocycles. The van der Waals surface area contributed by atoms with Crippen molar-refractivity contribution in [2.75, 3.05) is 13.2 Å². The number of sulfonamides is 1. The zero-order chi connectivity index (χ0) is 15.3. The molecule has 1 rings (SSSR count). The first-order valence-corrected chi connectivity index (χ1v) is 7.79. The van der Waals surface area contributed by atoms with Gasteiger partial charge in [-0.1, -0.05) is 29.9 Å². The number of nitrogens with one attached hydrogen (secondary N) is 1. The quantitative estimate of drug-likeness (QED) is 0.589. The van der Waals surface area contributed by atoms with Gasteiger partial charge in [-0.15, -0.1) is 0 Å². The lowest BCUT2D eigenvalue weighted by atomic mass is 10.2.